The lowest BCUT2D eigenvalue weighted by molar-refractivity contribution is -0.122. The molecule has 0 fully saturated rings. The summed E-state index contributed by atoms with van der Waals surface area (Å²) in [5.74, 6) is 0.631. The van der Waals surface area contributed by atoms with E-state index in [9.17, 15) is 4.79 Å². The minimum atomic E-state index is 0.0370. The molecular formula is C17H21N3O2S. The van der Waals surface area contributed by atoms with E-state index in [4.69, 9.17) is 4.74 Å². The molecule has 1 aliphatic rings. The maximum Gasteiger partial charge on any atom is 0.234 e. The van der Waals surface area contributed by atoms with Crippen LogP contribution in [0.25, 0.3) is 0 Å². The third-order valence-corrected chi connectivity index (χ3v) is 4.88. The highest BCUT2D eigenvalue weighted by atomic mass is 32.1. The van der Waals surface area contributed by atoms with Crippen molar-refractivity contribution in [2.45, 2.75) is 26.4 Å². The number of fused-ring (bicyclic) bond motifs is 1. The number of amides is 1. The van der Waals surface area contributed by atoms with E-state index in [0.29, 0.717) is 25.6 Å². The van der Waals surface area contributed by atoms with E-state index in [0.717, 1.165) is 25.1 Å². The molecule has 1 N–H and O–H groups in total. The minimum absolute atomic E-state index is 0.0370. The Hall–Kier alpha value is -1.92. The van der Waals surface area contributed by atoms with Crippen molar-refractivity contribution in [2.24, 2.45) is 0 Å². The highest BCUT2D eigenvalue weighted by molar-refractivity contribution is 7.10. The van der Waals surface area contributed by atoms with Crippen LogP contribution in [-0.2, 0) is 24.3 Å². The van der Waals surface area contributed by atoms with Gasteiger partial charge in [0, 0.05) is 36.3 Å². The number of hydrogen-bond donors (Lipinski definition) is 1. The lowest BCUT2D eigenvalue weighted by atomic mass is 10.1. The molecule has 3 rings (SSSR count). The second-order valence-electron chi connectivity index (χ2n) is 5.51. The molecule has 0 spiro atoms. The summed E-state index contributed by atoms with van der Waals surface area (Å²) < 4.78 is 5.48. The van der Waals surface area contributed by atoms with Gasteiger partial charge in [0.25, 0.3) is 0 Å². The van der Waals surface area contributed by atoms with Gasteiger partial charge in [0.15, 0.2) is 0 Å². The van der Waals surface area contributed by atoms with Crippen LogP contribution >= 0.6 is 11.3 Å². The van der Waals surface area contributed by atoms with E-state index in [1.807, 2.05) is 30.4 Å². The summed E-state index contributed by atoms with van der Waals surface area (Å²) in [5, 5.41) is 5.10. The molecule has 0 aromatic carbocycles. The number of rotatable bonds is 6. The lowest BCUT2D eigenvalue weighted by Crippen LogP contribution is -2.39. The van der Waals surface area contributed by atoms with E-state index in [1.54, 1.807) is 6.20 Å². The van der Waals surface area contributed by atoms with Crippen molar-refractivity contribution in [1.29, 1.82) is 0 Å². The van der Waals surface area contributed by atoms with Gasteiger partial charge in [0.05, 0.1) is 13.2 Å². The highest BCUT2D eigenvalue weighted by Crippen LogP contribution is 2.23. The minimum Gasteiger partial charge on any atom is -0.478 e. The second kappa shape index (κ2) is 7.57. The van der Waals surface area contributed by atoms with E-state index in [-0.39, 0.29) is 5.91 Å². The molecule has 122 valence electrons. The largest absolute Gasteiger partial charge is 0.478 e. The molecule has 2 aromatic rings. The van der Waals surface area contributed by atoms with E-state index in [1.165, 1.54) is 10.4 Å². The maximum atomic E-state index is 12.2. The number of nitrogens with one attached hydrogen (secondary N) is 1. The normalized spacial score (nSPS) is 14.3. The van der Waals surface area contributed by atoms with Gasteiger partial charge in [0.2, 0.25) is 11.8 Å². The molecule has 5 nitrogen and oxygen atoms in total. The molecule has 0 saturated heterocycles. The first-order valence-electron chi connectivity index (χ1n) is 7.87. The number of nitrogens with zero attached hydrogens (tertiary/aromatic N) is 2. The predicted octanol–water partition coefficient (Wildman–Crippen LogP) is 2.22. The molecular weight excluding hydrogens is 310 g/mol. The van der Waals surface area contributed by atoms with Gasteiger partial charge in [-0.15, -0.1) is 11.3 Å². The number of ether oxygens (including phenoxy) is 1. The van der Waals surface area contributed by atoms with Gasteiger partial charge in [-0.05, 0) is 36.4 Å². The number of aromatic nitrogens is 1. The van der Waals surface area contributed by atoms with Crippen LogP contribution in [0.15, 0.2) is 29.8 Å². The number of carbonyl (C=O) groups excluding carboxylic acids is 1. The molecule has 0 saturated carbocycles. The Labute approximate surface area is 140 Å². The van der Waals surface area contributed by atoms with Gasteiger partial charge < -0.3 is 10.1 Å². The monoisotopic (exact) mass is 331 g/mol. The van der Waals surface area contributed by atoms with Crippen molar-refractivity contribution in [3.63, 3.8) is 0 Å². The fraction of sp³-hybridized carbons (Fsp3) is 0.412. The molecule has 0 aliphatic carbocycles. The Balaban J connectivity index is 1.51. The molecule has 23 heavy (non-hydrogen) atoms. The molecule has 1 amide bonds. The number of hydrogen-bond acceptors (Lipinski definition) is 5. The number of pyridine rings is 1. The fourth-order valence-corrected chi connectivity index (χ4v) is 3.61. The van der Waals surface area contributed by atoms with Crippen LogP contribution in [0.2, 0.25) is 0 Å². The molecule has 0 radical (unpaired) electrons. The lowest BCUT2D eigenvalue weighted by Gasteiger charge is -2.26. The van der Waals surface area contributed by atoms with Crippen LogP contribution in [0.4, 0.5) is 0 Å². The van der Waals surface area contributed by atoms with Crippen molar-refractivity contribution in [3.8, 4) is 5.88 Å². The predicted molar refractivity (Wildman–Crippen MR) is 90.6 cm³/mol. The Morgan fingerprint density at radius 2 is 2.39 bits per heavy atom. The van der Waals surface area contributed by atoms with Crippen LogP contribution in [0.3, 0.4) is 0 Å². The van der Waals surface area contributed by atoms with Gasteiger partial charge in [0.1, 0.15) is 0 Å². The molecule has 0 atom stereocenters. The zero-order valence-corrected chi connectivity index (χ0v) is 14.1. The number of carbonyl (C=O) groups is 1. The van der Waals surface area contributed by atoms with Crippen LogP contribution in [-0.4, -0.2) is 35.5 Å². The molecule has 2 aromatic heterocycles. The van der Waals surface area contributed by atoms with Crippen LogP contribution in [0.1, 0.15) is 22.9 Å². The fourth-order valence-electron chi connectivity index (χ4n) is 2.72. The zero-order valence-electron chi connectivity index (χ0n) is 13.2. The smallest absolute Gasteiger partial charge is 0.234 e. The molecule has 3 heterocycles. The van der Waals surface area contributed by atoms with E-state index < -0.39 is 0 Å². The summed E-state index contributed by atoms with van der Waals surface area (Å²) in [6.07, 6.45) is 2.74. The van der Waals surface area contributed by atoms with Gasteiger partial charge in [-0.25, -0.2) is 4.98 Å². The average molecular weight is 331 g/mol. The first-order chi connectivity index (χ1) is 11.3. The summed E-state index contributed by atoms with van der Waals surface area (Å²) in [6.45, 7) is 5.17. The van der Waals surface area contributed by atoms with Crippen LogP contribution in [0, 0.1) is 0 Å². The van der Waals surface area contributed by atoms with Gasteiger partial charge in [-0.1, -0.05) is 6.07 Å². The maximum absolute atomic E-state index is 12.2. The summed E-state index contributed by atoms with van der Waals surface area (Å²) >= 11 is 1.81. The highest BCUT2D eigenvalue weighted by Gasteiger charge is 2.19. The van der Waals surface area contributed by atoms with Crippen molar-refractivity contribution in [3.05, 3.63) is 45.8 Å². The summed E-state index contributed by atoms with van der Waals surface area (Å²) in [4.78, 5) is 20.0. The Kier molecular flexibility index (Phi) is 5.25. The SMILES string of the molecule is CCOc1ncccc1CNC(=O)CN1CCc2sccc2C1. The zero-order chi connectivity index (χ0) is 16.1. The molecule has 1 aliphatic heterocycles. The Morgan fingerprint density at radius 3 is 3.26 bits per heavy atom. The van der Waals surface area contributed by atoms with Crippen LogP contribution < -0.4 is 10.1 Å². The molecule has 6 heteroatoms. The van der Waals surface area contributed by atoms with Gasteiger partial charge in [-0.2, -0.15) is 0 Å². The number of thiophene rings is 1. The van der Waals surface area contributed by atoms with Crippen molar-refractivity contribution in [1.82, 2.24) is 15.2 Å². The van der Waals surface area contributed by atoms with Crippen molar-refractivity contribution in [2.75, 3.05) is 19.7 Å². The van der Waals surface area contributed by atoms with E-state index >= 15 is 0 Å². The summed E-state index contributed by atoms with van der Waals surface area (Å²) in [7, 11) is 0. The average Bonchev–Trinajstić information content (AvgIpc) is 3.02. The van der Waals surface area contributed by atoms with Crippen LogP contribution in [0.5, 0.6) is 5.88 Å². The Morgan fingerprint density at radius 1 is 1.48 bits per heavy atom. The quantitative estimate of drug-likeness (QED) is 0.882. The molecule has 0 bridgehead atoms. The van der Waals surface area contributed by atoms with Crippen molar-refractivity contribution >= 4 is 17.2 Å². The Bertz CT molecular complexity index is 671. The third-order valence-electron chi connectivity index (χ3n) is 3.86. The standard InChI is InChI=1S/C17H21N3O2S/c1-2-22-17-13(4-3-7-18-17)10-19-16(21)12-20-8-5-15-14(11-20)6-9-23-15/h3-4,6-7,9H,2,5,8,10-12H2,1H3,(H,19,21). The molecule has 0 unspecified atom stereocenters. The summed E-state index contributed by atoms with van der Waals surface area (Å²) in [6, 6.07) is 5.94. The first kappa shape index (κ1) is 16.0. The van der Waals surface area contributed by atoms with E-state index in [2.05, 4.69) is 26.6 Å². The second-order valence-corrected chi connectivity index (χ2v) is 6.51. The first-order valence-corrected chi connectivity index (χ1v) is 8.75. The summed E-state index contributed by atoms with van der Waals surface area (Å²) in [5.41, 5.74) is 2.27. The topological polar surface area (TPSA) is 54.5 Å². The van der Waals surface area contributed by atoms with Gasteiger partial charge >= 0.3 is 0 Å². The third kappa shape index (κ3) is 4.09. The van der Waals surface area contributed by atoms with Crippen molar-refractivity contribution < 1.29 is 9.53 Å². The van der Waals surface area contributed by atoms with Gasteiger partial charge in [-0.3, -0.25) is 9.69 Å².